The van der Waals surface area contributed by atoms with Crippen molar-refractivity contribution in [3.8, 4) is 0 Å². The third-order valence-corrected chi connectivity index (χ3v) is 6.18. The SMILES string of the molecule is CN(CC(F)(F)F)[C@@H](CNC(=O)c1ccc(Cl)s1)C(=O)Nc1ccc(N2CCOCC2=O)cc1. The first-order chi connectivity index (χ1) is 16.0. The highest BCUT2D eigenvalue weighted by atomic mass is 35.5. The quantitative estimate of drug-likeness (QED) is 0.561. The fraction of sp³-hybridized carbons (Fsp3) is 0.381. The van der Waals surface area contributed by atoms with Gasteiger partial charge in [0, 0.05) is 24.5 Å². The summed E-state index contributed by atoms with van der Waals surface area (Å²) >= 11 is 6.83. The molecule has 1 atom stereocenters. The van der Waals surface area contributed by atoms with Crippen molar-refractivity contribution in [1.82, 2.24) is 10.2 Å². The number of likely N-dealkylation sites (N-methyl/N-ethyl adjacent to an activating group) is 1. The van der Waals surface area contributed by atoms with Gasteiger partial charge in [-0.1, -0.05) is 11.6 Å². The molecule has 13 heteroatoms. The number of nitrogens with one attached hydrogen (secondary N) is 2. The van der Waals surface area contributed by atoms with Crippen molar-refractivity contribution in [1.29, 1.82) is 0 Å². The van der Waals surface area contributed by atoms with Crippen molar-refractivity contribution >= 4 is 52.0 Å². The van der Waals surface area contributed by atoms with Gasteiger partial charge in [0.2, 0.25) is 5.91 Å². The second-order valence-corrected chi connectivity index (χ2v) is 9.21. The number of halogens is 4. The summed E-state index contributed by atoms with van der Waals surface area (Å²) in [5, 5.41) is 5.06. The van der Waals surface area contributed by atoms with Crippen LogP contribution in [-0.4, -0.2) is 74.7 Å². The molecule has 0 aliphatic carbocycles. The van der Waals surface area contributed by atoms with Gasteiger partial charge in [0.25, 0.3) is 11.8 Å². The molecule has 184 valence electrons. The standard InChI is InChI=1S/C21H22ClF3N4O4S/c1-28(12-21(23,24)25)15(10-26-20(32)16-6-7-17(22)34-16)19(31)27-13-2-4-14(5-3-13)29-8-9-33-11-18(29)30/h2-7,15H,8-12H2,1H3,(H,26,32)(H,27,31)/t15-/m0/s1. The second-order valence-electron chi connectivity index (χ2n) is 7.49. The van der Waals surface area contributed by atoms with Crippen molar-refractivity contribution in [2.75, 3.05) is 50.1 Å². The van der Waals surface area contributed by atoms with E-state index in [1.54, 1.807) is 29.2 Å². The number of ether oxygens (including phenoxy) is 1. The molecule has 1 saturated heterocycles. The van der Waals surface area contributed by atoms with Crippen molar-refractivity contribution in [3.05, 3.63) is 45.6 Å². The zero-order valence-corrected chi connectivity index (χ0v) is 19.6. The zero-order valence-electron chi connectivity index (χ0n) is 18.0. The van der Waals surface area contributed by atoms with E-state index in [0.717, 1.165) is 23.3 Å². The van der Waals surface area contributed by atoms with E-state index in [0.29, 0.717) is 28.9 Å². The average molecular weight is 519 g/mol. The Morgan fingerprint density at radius 3 is 2.53 bits per heavy atom. The van der Waals surface area contributed by atoms with Crippen LogP contribution in [0.15, 0.2) is 36.4 Å². The van der Waals surface area contributed by atoms with Gasteiger partial charge in [-0.05, 0) is 43.4 Å². The number of alkyl halides is 3. The Bertz CT molecular complexity index is 1030. The zero-order chi connectivity index (χ0) is 24.9. The second kappa shape index (κ2) is 11.2. The number of benzene rings is 1. The third-order valence-electron chi connectivity index (χ3n) is 4.95. The van der Waals surface area contributed by atoms with Crippen LogP contribution in [0.2, 0.25) is 4.34 Å². The topological polar surface area (TPSA) is 91.0 Å². The van der Waals surface area contributed by atoms with Gasteiger partial charge >= 0.3 is 6.18 Å². The predicted molar refractivity (Wildman–Crippen MR) is 122 cm³/mol. The van der Waals surface area contributed by atoms with Gasteiger partial charge in [0.15, 0.2) is 0 Å². The van der Waals surface area contributed by atoms with Crippen molar-refractivity contribution in [2.24, 2.45) is 0 Å². The Morgan fingerprint density at radius 1 is 1.24 bits per heavy atom. The van der Waals surface area contributed by atoms with E-state index >= 15 is 0 Å². The predicted octanol–water partition coefficient (Wildman–Crippen LogP) is 3.00. The molecule has 3 amide bonds. The lowest BCUT2D eigenvalue weighted by Gasteiger charge is -2.28. The number of nitrogens with zero attached hydrogens (tertiary/aromatic N) is 2. The number of amides is 3. The summed E-state index contributed by atoms with van der Waals surface area (Å²) in [4.78, 5) is 39.7. The van der Waals surface area contributed by atoms with Crippen LogP contribution in [0.1, 0.15) is 9.67 Å². The Balaban J connectivity index is 1.68. The molecule has 1 aliphatic heterocycles. The Kier molecular flexibility index (Phi) is 8.52. The highest BCUT2D eigenvalue weighted by Gasteiger charge is 2.35. The first-order valence-electron chi connectivity index (χ1n) is 10.1. The molecule has 3 rings (SSSR count). The molecule has 2 N–H and O–H groups in total. The van der Waals surface area contributed by atoms with Gasteiger partial charge in [0.05, 0.1) is 22.4 Å². The van der Waals surface area contributed by atoms with E-state index in [-0.39, 0.29) is 23.9 Å². The molecule has 1 fully saturated rings. The number of carbonyl (C=O) groups excluding carboxylic acids is 3. The minimum Gasteiger partial charge on any atom is -0.370 e. The van der Waals surface area contributed by atoms with Gasteiger partial charge < -0.3 is 20.3 Å². The first-order valence-corrected chi connectivity index (χ1v) is 11.3. The molecule has 1 aromatic heterocycles. The number of rotatable bonds is 8. The molecule has 1 aromatic carbocycles. The Labute approximate surface area is 202 Å². The van der Waals surface area contributed by atoms with Crippen LogP contribution >= 0.6 is 22.9 Å². The van der Waals surface area contributed by atoms with E-state index in [1.165, 1.54) is 12.1 Å². The van der Waals surface area contributed by atoms with E-state index in [9.17, 15) is 27.6 Å². The maximum absolute atomic E-state index is 13.0. The molecule has 0 unspecified atom stereocenters. The van der Waals surface area contributed by atoms with Crippen LogP contribution in [0, 0.1) is 0 Å². The summed E-state index contributed by atoms with van der Waals surface area (Å²) in [6, 6.07) is 8.03. The number of anilines is 2. The molecule has 8 nitrogen and oxygen atoms in total. The Morgan fingerprint density at radius 2 is 1.94 bits per heavy atom. The summed E-state index contributed by atoms with van der Waals surface area (Å²) in [5.74, 6) is -1.47. The molecule has 2 aromatic rings. The highest BCUT2D eigenvalue weighted by molar-refractivity contribution is 7.18. The average Bonchev–Trinajstić information content (AvgIpc) is 3.20. The smallest absolute Gasteiger partial charge is 0.370 e. The van der Waals surface area contributed by atoms with E-state index in [4.69, 9.17) is 16.3 Å². The van der Waals surface area contributed by atoms with Gasteiger partial charge in [-0.15, -0.1) is 11.3 Å². The third kappa shape index (κ3) is 7.16. The molecule has 0 bridgehead atoms. The van der Waals surface area contributed by atoms with Crippen LogP contribution in [-0.2, 0) is 14.3 Å². The molecule has 2 heterocycles. The fourth-order valence-corrected chi connectivity index (χ4v) is 4.26. The van der Waals surface area contributed by atoms with E-state index in [2.05, 4.69) is 10.6 Å². The number of hydrogen-bond acceptors (Lipinski definition) is 6. The lowest BCUT2D eigenvalue weighted by molar-refractivity contribution is -0.150. The number of carbonyl (C=O) groups is 3. The van der Waals surface area contributed by atoms with E-state index < -0.39 is 30.6 Å². The summed E-state index contributed by atoms with van der Waals surface area (Å²) < 4.78 is 44.4. The van der Waals surface area contributed by atoms with Crippen molar-refractivity contribution in [3.63, 3.8) is 0 Å². The van der Waals surface area contributed by atoms with E-state index in [1.807, 2.05) is 0 Å². The fourth-order valence-electron chi connectivity index (χ4n) is 3.30. The molecule has 0 radical (unpaired) electrons. The van der Waals surface area contributed by atoms with Crippen LogP contribution in [0.25, 0.3) is 0 Å². The maximum Gasteiger partial charge on any atom is 0.401 e. The highest BCUT2D eigenvalue weighted by Crippen LogP contribution is 2.22. The van der Waals surface area contributed by atoms with Gasteiger partial charge in [-0.3, -0.25) is 19.3 Å². The number of hydrogen-bond donors (Lipinski definition) is 2. The molecular formula is C21H22ClF3N4O4S. The minimum absolute atomic E-state index is 0.0187. The first kappa shape index (κ1) is 25.9. The van der Waals surface area contributed by atoms with Crippen molar-refractivity contribution < 1.29 is 32.3 Å². The summed E-state index contributed by atoms with van der Waals surface area (Å²) in [6.45, 7) is -0.920. The van der Waals surface area contributed by atoms with Gasteiger partial charge in [-0.25, -0.2) is 0 Å². The van der Waals surface area contributed by atoms with Gasteiger partial charge in [-0.2, -0.15) is 13.2 Å². The molecule has 0 saturated carbocycles. The van der Waals surface area contributed by atoms with Crippen LogP contribution in [0.5, 0.6) is 0 Å². The minimum atomic E-state index is -4.54. The molecule has 1 aliphatic rings. The molecular weight excluding hydrogens is 497 g/mol. The van der Waals surface area contributed by atoms with Crippen LogP contribution < -0.4 is 15.5 Å². The summed E-state index contributed by atoms with van der Waals surface area (Å²) in [7, 11) is 1.15. The Hall–Kier alpha value is -2.67. The molecule has 0 spiro atoms. The van der Waals surface area contributed by atoms with Gasteiger partial charge in [0.1, 0.15) is 12.6 Å². The summed E-state index contributed by atoms with van der Waals surface area (Å²) in [6.07, 6.45) is -4.54. The maximum atomic E-state index is 13.0. The lowest BCUT2D eigenvalue weighted by Crippen LogP contribution is -2.51. The number of morpholine rings is 1. The molecule has 34 heavy (non-hydrogen) atoms. The normalized spacial score (nSPS) is 15.4. The largest absolute Gasteiger partial charge is 0.401 e. The van der Waals surface area contributed by atoms with Crippen molar-refractivity contribution in [2.45, 2.75) is 12.2 Å². The summed E-state index contributed by atoms with van der Waals surface area (Å²) in [5.41, 5.74) is 0.940. The lowest BCUT2D eigenvalue weighted by atomic mass is 10.2. The number of thiophene rings is 1. The van der Waals surface area contributed by atoms with Crippen LogP contribution in [0.4, 0.5) is 24.5 Å². The van der Waals surface area contributed by atoms with Crippen LogP contribution in [0.3, 0.4) is 0 Å². The monoisotopic (exact) mass is 518 g/mol.